The molecule has 2 aromatic carbocycles. The zero-order chi connectivity index (χ0) is 23.6. The van der Waals surface area contributed by atoms with Gasteiger partial charge in [-0.2, -0.15) is 0 Å². The molecule has 1 heterocycles. The summed E-state index contributed by atoms with van der Waals surface area (Å²) in [5.74, 6) is 1.66. The molecule has 6 heteroatoms. The molecular formula is C27H37N3O3. The minimum Gasteiger partial charge on any atom is -0.497 e. The van der Waals surface area contributed by atoms with Gasteiger partial charge in [0.25, 0.3) is 5.91 Å². The summed E-state index contributed by atoms with van der Waals surface area (Å²) in [6, 6.07) is 13.6. The van der Waals surface area contributed by atoms with Crippen LogP contribution in [0.5, 0.6) is 11.5 Å². The van der Waals surface area contributed by atoms with E-state index in [1.807, 2.05) is 62.1 Å². The van der Waals surface area contributed by atoms with E-state index < -0.39 is 0 Å². The number of benzene rings is 2. The van der Waals surface area contributed by atoms with Gasteiger partial charge in [-0.15, -0.1) is 0 Å². The minimum absolute atomic E-state index is 0.0501. The van der Waals surface area contributed by atoms with Crippen LogP contribution in [0.2, 0.25) is 0 Å². The number of nitrogens with one attached hydrogen (secondary N) is 1. The predicted molar refractivity (Wildman–Crippen MR) is 136 cm³/mol. The van der Waals surface area contributed by atoms with Crippen molar-refractivity contribution in [3.8, 4) is 11.5 Å². The molecule has 1 N–H and O–H groups in total. The van der Waals surface area contributed by atoms with Crippen molar-refractivity contribution in [2.75, 3.05) is 43.5 Å². The Morgan fingerprint density at radius 2 is 1.91 bits per heavy atom. The fraction of sp³-hybridized carbons (Fsp3) is 0.444. The molecule has 6 nitrogen and oxygen atoms in total. The molecule has 0 saturated heterocycles. The number of hydrogen-bond donors (Lipinski definition) is 1. The van der Waals surface area contributed by atoms with E-state index in [2.05, 4.69) is 28.6 Å². The molecule has 2 aromatic rings. The Balaban J connectivity index is 1.57. The van der Waals surface area contributed by atoms with Crippen LogP contribution in [0.1, 0.15) is 50.4 Å². The zero-order valence-corrected chi connectivity index (χ0v) is 20.3. The Bertz CT molecular complexity index is 925. The van der Waals surface area contributed by atoms with Crippen molar-refractivity contribution in [2.24, 2.45) is 0 Å². The molecule has 0 atom stereocenters. The standard InChI is InChI=1S/C27H37N3O3/c1-5-29(27(31)22-10-12-23(13-11-22)33-21(2)3)19-9-16-28-25-20-24(32-4)14-15-26(25)30-17-7-6-8-18-30/h7,10-15,17,20-21,28H,5-6,8-9,16,18-19H2,1-4H3. The second-order valence-corrected chi connectivity index (χ2v) is 8.46. The second-order valence-electron chi connectivity index (χ2n) is 8.46. The summed E-state index contributed by atoms with van der Waals surface area (Å²) >= 11 is 0. The average Bonchev–Trinajstić information content (AvgIpc) is 2.84. The quantitative estimate of drug-likeness (QED) is 0.453. The van der Waals surface area contributed by atoms with E-state index in [1.54, 1.807) is 7.11 Å². The number of carbonyl (C=O) groups excluding carboxylic acids is 1. The maximum atomic E-state index is 13.0. The molecule has 1 aliphatic heterocycles. The molecule has 0 aliphatic carbocycles. The first kappa shape index (κ1) is 24.5. The number of ether oxygens (including phenoxy) is 2. The third-order valence-corrected chi connectivity index (χ3v) is 5.63. The molecule has 0 spiro atoms. The summed E-state index contributed by atoms with van der Waals surface area (Å²) in [6.07, 6.45) is 7.61. The highest BCUT2D eigenvalue weighted by molar-refractivity contribution is 5.94. The largest absolute Gasteiger partial charge is 0.497 e. The molecule has 178 valence electrons. The van der Waals surface area contributed by atoms with Crippen LogP contribution in [0.3, 0.4) is 0 Å². The van der Waals surface area contributed by atoms with Crippen molar-refractivity contribution >= 4 is 17.3 Å². The van der Waals surface area contributed by atoms with E-state index in [9.17, 15) is 4.79 Å². The Kier molecular flexibility index (Phi) is 9.04. The lowest BCUT2D eigenvalue weighted by molar-refractivity contribution is 0.0764. The maximum absolute atomic E-state index is 13.0. The van der Waals surface area contributed by atoms with Crippen LogP contribution in [-0.2, 0) is 0 Å². The number of rotatable bonds is 11. The summed E-state index contributed by atoms with van der Waals surface area (Å²) in [7, 11) is 1.69. The number of anilines is 2. The van der Waals surface area contributed by atoms with Gasteiger partial charge in [0, 0.05) is 44.0 Å². The highest BCUT2D eigenvalue weighted by atomic mass is 16.5. The third kappa shape index (κ3) is 6.91. The number of nitrogens with zero attached hydrogens (tertiary/aromatic N) is 2. The Morgan fingerprint density at radius 1 is 1.15 bits per heavy atom. The van der Waals surface area contributed by atoms with Crippen LogP contribution in [0.25, 0.3) is 0 Å². The number of amides is 1. The van der Waals surface area contributed by atoms with Gasteiger partial charge in [0.05, 0.1) is 24.6 Å². The zero-order valence-electron chi connectivity index (χ0n) is 20.3. The van der Waals surface area contributed by atoms with E-state index in [0.717, 1.165) is 55.2 Å². The maximum Gasteiger partial charge on any atom is 0.253 e. The van der Waals surface area contributed by atoms with Crippen LogP contribution in [0.4, 0.5) is 11.4 Å². The van der Waals surface area contributed by atoms with Crippen LogP contribution in [0, 0.1) is 0 Å². The first-order valence-corrected chi connectivity index (χ1v) is 11.9. The Labute approximate surface area is 198 Å². The second kappa shape index (κ2) is 12.2. The first-order valence-electron chi connectivity index (χ1n) is 11.9. The molecule has 33 heavy (non-hydrogen) atoms. The lowest BCUT2D eigenvalue weighted by Gasteiger charge is -2.27. The van der Waals surface area contributed by atoms with Gasteiger partial charge in [0.2, 0.25) is 0 Å². The molecule has 0 aromatic heterocycles. The van der Waals surface area contributed by atoms with Crippen LogP contribution in [0.15, 0.2) is 54.7 Å². The monoisotopic (exact) mass is 451 g/mol. The van der Waals surface area contributed by atoms with Crippen molar-refractivity contribution in [2.45, 2.75) is 46.1 Å². The third-order valence-electron chi connectivity index (χ3n) is 5.63. The first-order chi connectivity index (χ1) is 16.0. The normalized spacial score (nSPS) is 13.2. The SMILES string of the molecule is CCN(CCCNc1cc(OC)ccc1N1C=CCCC1)C(=O)c1ccc(OC(C)C)cc1. The lowest BCUT2D eigenvalue weighted by Crippen LogP contribution is -2.32. The fourth-order valence-corrected chi connectivity index (χ4v) is 3.92. The molecule has 0 unspecified atom stereocenters. The molecule has 0 fully saturated rings. The van der Waals surface area contributed by atoms with Crippen molar-refractivity contribution in [3.63, 3.8) is 0 Å². The molecule has 0 bridgehead atoms. The Morgan fingerprint density at radius 3 is 2.55 bits per heavy atom. The number of allylic oxidation sites excluding steroid dienone is 1. The predicted octanol–water partition coefficient (Wildman–Crippen LogP) is 5.56. The van der Waals surface area contributed by atoms with E-state index >= 15 is 0 Å². The van der Waals surface area contributed by atoms with Crippen molar-refractivity contribution in [1.29, 1.82) is 0 Å². The highest BCUT2D eigenvalue weighted by Gasteiger charge is 2.15. The summed E-state index contributed by atoms with van der Waals surface area (Å²) in [6.45, 7) is 9.14. The van der Waals surface area contributed by atoms with Gasteiger partial charge in [-0.3, -0.25) is 4.79 Å². The van der Waals surface area contributed by atoms with Crippen LogP contribution in [-0.4, -0.2) is 50.2 Å². The molecule has 1 aliphatic rings. The van der Waals surface area contributed by atoms with Gasteiger partial charge in [0.1, 0.15) is 11.5 Å². The van der Waals surface area contributed by atoms with Gasteiger partial charge in [-0.1, -0.05) is 6.08 Å². The lowest BCUT2D eigenvalue weighted by atomic mass is 10.1. The smallest absolute Gasteiger partial charge is 0.253 e. The molecular weight excluding hydrogens is 414 g/mol. The van der Waals surface area contributed by atoms with Crippen LogP contribution < -0.4 is 19.7 Å². The van der Waals surface area contributed by atoms with Gasteiger partial charge in [0.15, 0.2) is 0 Å². The highest BCUT2D eigenvalue weighted by Crippen LogP contribution is 2.32. The average molecular weight is 452 g/mol. The number of carbonyl (C=O) groups is 1. The van der Waals surface area contributed by atoms with Gasteiger partial charge in [-0.05, 0) is 76.4 Å². The van der Waals surface area contributed by atoms with E-state index in [4.69, 9.17) is 9.47 Å². The topological polar surface area (TPSA) is 54.0 Å². The van der Waals surface area contributed by atoms with E-state index in [1.165, 1.54) is 0 Å². The Hall–Kier alpha value is -3.15. The summed E-state index contributed by atoms with van der Waals surface area (Å²) in [5, 5.41) is 3.56. The summed E-state index contributed by atoms with van der Waals surface area (Å²) in [4.78, 5) is 17.1. The molecule has 0 radical (unpaired) electrons. The minimum atomic E-state index is 0.0501. The van der Waals surface area contributed by atoms with E-state index in [0.29, 0.717) is 18.7 Å². The van der Waals surface area contributed by atoms with Crippen molar-refractivity contribution < 1.29 is 14.3 Å². The number of methoxy groups -OCH3 is 1. The summed E-state index contributed by atoms with van der Waals surface area (Å²) in [5.41, 5.74) is 2.89. The van der Waals surface area contributed by atoms with Gasteiger partial charge < -0.3 is 24.6 Å². The van der Waals surface area contributed by atoms with Crippen molar-refractivity contribution in [3.05, 3.63) is 60.3 Å². The number of hydrogen-bond acceptors (Lipinski definition) is 5. The fourth-order valence-electron chi connectivity index (χ4n) is 3.92. The molecule has 1 amide bonds. The van der Waals surface area contributed by atoms with Gasteiger partial charge >= 0.3 is 0 Å². The molecule has 3 rings (SSSR count). The van der Waals surface area contributed by atoms with Gasteiger partial charge in [-0.25, -0.2) is 0 Å². The van der Waals surface area contributed by atoms with E-state index in [-0.39, 0.29) is 12.0 Å². The summed E-state index contributed by atoms with van der Waals surface area (Å²) < 4.78 is 11.1. The van der Waals surface area contributed by atoms with Crippen molar-refractivity contribution in [1.82, 2.24) is 4.90 Å². The molecule has 0 saturated carbocycles. The van der Waals surface area contributed by atoms with Crippen LogP contribution >= 0.6 is 0 Å².